The van der Waals surface area contributed by atoms with Crippen LogP contribution in [0, 0.1) is 18.3 Å². The van der Waals surface area contributed by atoms with E-state index in [1.807, 2.05) is 84.9 Å². The van der Waals surface area contributed by atoms with E-state index < -0.39 is 0 Å². The molecule has 2 aromatic heterocycles. The summed E-state index contributed by atoms with van der Waals surface area (Å²) >= 11 is 0. The van der Waals surface area contributed by atoms with Crippen molar-refractivity contribution in [2.75, 3.05) is 0 Å². The Morgan fingerprint density at radius 2 is 1.50 bits per heavy atom. The Labute approximate surface area is 245 Å². The molecule has 1 unspecified atom stereocenters. The molecule has 0 bridgehead atoms. The molecule has 0 aliphatic heterocycles. The summed E-state index contributed by atoms with van der Waals surface area (Å²) in [7, 11) is 0.191. The Morgan fingerprint density at radius 3 is 2.21 bits per heavy atom. The topological polar surface area (TPSA) is 58.2 Å². The molecule has 0 aliphatic carbocycles. The van der Waals surface area contributed by atoms with Gasteiger partial charge in [-0.05, 0) is 66.7 Å². The molecule has 42 heavy (non-hydrogen) atoms. The zero-order valence-corrected chi connectivity index (χ0v) is 24.0. The third-order valence-corrected chi connectivity index (χ3v) is 9.10. The lowest BCUT2D eigenvalue weighted by Crippen LogP contribution is -2.23. The summed E-state index contributed by atoms with van der Waals surface area (Å²) in [6.45, 7) is 2.10. The van der Waals surface area contributed by atoms with Gasteiger partial charge in [0.25, 0.3) is 5.56 Å². The van der Waals surface area contributed by atoms with E-state index in [-0.39, 0.29) is 14.1 Å². The van der Waals surface area contributed by atoms with Gasteiger partial charge in [-0.15, -0.1) is 0 Å². The molecule has 0 aliphatic rings. The van der Waals surface area contributed by atoms with Gasteiger partial charge in [-0.2, -0.15) is 5.26 Å². The second-order valence-electron chi connectivity index (χ2n) is 10.5. The minimum atomic E-state index is -0.0835. The van der Waals surface area contributed by atoms with Crippen molar-refractivity contribution in [1.82, 2.24) is 9.38 Å². The number of nitriles is 1. The molecule has 1 atom stereocenters. The minimum absolute atomic E-state index is 0.0835. The Bertz CT molecular complexity index is 2210. The van der Waals surface area contributed by atoms with Crippen molar-refractivity contribution in [1.29, 1.82) is 5.26 Å². The van der Waals surface area contributed by atoms with Crippen LogP contribution in [0.15, 0.2) is 126 Å². The molecule has 0 saturated heterocycles. The molecule has 0 fully saturated rings. The summed E-state index contributed by atoms with van der Waals surface area (Å²) in [4.78, 5) is 19.5. The van der Waals surface area contributed by atoms with Gasteiger partial charge in [0.15, 0.2) is 0 Å². The average Bonchev–Trinajstić information content (AvgIpc) is 3.39. The summed E-state index contributed by atoms with van der Waals surface area (Å²) in [6.07, 6.45) is 2.36. The molecule has 0 radical (unpaired) electrons. The maximum absolute atomic E-state index is 14.4. The molecule has 5 aromatic carbocycles. The van der Waals surface area contributed by atoms with Gasteiger partial charge in [0.1, 0.15) is 5.65 Å². The Morgan fingerprint density at radius 1 is 0.833 bits per heavy atom. The van der Waals surface area contributed by atoms with Gasteiger partial charge in [-0.1, -0.05) is 103 Å². The van der Waals surface area contributed by atoms with Crippen molar-refractivity contribution >= 4 is 52.6 Å². The molecule has 7 aromatic rings. The van der Waals surface area contributed by atoms with E-state index in [1.54, 1.807) is 4.40 Å². The minimum Gasteiger partial charge on any atom is -0.268 e. The first-order valence-corrected chi connectivity index (χ1v) is 14.9. The number of allylic oxidation sites excluding steroid dienone is 1. The predicted molar refractivity (Wildman–Crippen MR) is 176 cm³/mol. The fourth-order valence-electron chi connectivity index (χ4n) is 5.81. The van der Waals surface area contributed by atoms with E-state index in [0.717, 1.165) is 49.2 Å². The van der Waals surface area contributed by atoms with Crippen molar-refractivity contribution in [3.63, 3.8) is 0 Å². The number of hydrogen-bond donors (Lipinski definition) is 0. The Hall–Kier alpha value is -5.10. The van der Waals surface area contributed by atoms with Crippen molar-refractivity contribution < 1.29 is 0 Å². The van der Waals surface area contributed by atoms with Gasteiger partial charge in [0.2, 0.25) is 0 Å². The Kier molecular flexibility index (Phi) is 6.59. The second-order valence-corrected chi connectivity index (χ2v) is 11.8. The quantitative estimate of drug-likeness (QED) is 0.160. The van der Waals surface area contributed by atoms with Crippen molar-refractivity contribution in [2.24, 2.45) is 0 Å². The summed E-state index contributed by atoms with van der Waals surface area (Å²) < 4.78 is 1.78. The summed E-state index contributed by atoms with van der Waals surface area (Å²) in [5.41, 5.74) is 7.00. The van der Waals surface area contributed by atoms with Crippen LogP contribution in [0.4, 0.5) is 0 Å². The lowest BCUT2D eigenvalue weighted by atomic mass is 9.91. The largest absolute Gasteiger partial charge is 0.268 e. The SMILES string of the molecule is Cc1ccc2c(=O)n3c(Pc4ccccc4)c(/C=C(/C#N)Cc4ccccc4)nc3c3ccc(-c4ccccc4)c1c23. The zero-order chi connectivity index (χ0) is 28.6. The molecule has 0 amide bonds. The number of nitrogens with zero attached hydrogens (tertiary/aromatic N) is 3. The molecule has 200 valence electrons. The van der Waals surface area contributed by atoms with Crippen LogP contribution in [0.1, 0.15) is 16.8 Å². The van der Waals surface area contributed by atoms with E-state index in [0.29, 0.717) is 28.7 Å². The number of aryl methyl sites for hydroxylation is 1. The number of pyridine rings is 1. The monoisotopic (exact) mass is 559 g/mol. The molecule has 2 heterocycles. The van der Waals surface area contributed by atoms with E-state index >= 15 is 0 Å². The number of imidazole rings is 1. The zero-order valence-electron chi connectivity index (χ0n) is 23.0. The van der Waals surface area contributed by atoms with Crippen LogP contribution in [0.5, 0.6) is 0 Å². The van der Waals surface area contributed by atoms with Crippen LogP contribution < -0.4 is 16.3 Å². The highest BCUT2D eigenvalue weighted by Gasteiger charge is 2.22. The second kappa shape index (κ2) is 10.7. The van der Waals surface area contributed by atoms with Gasteiger partial charge < -0.3 is 0 Å². The first-order valence-electron chi connectivity index (χ1n) is 13.9. The average molecular weight is 560 g/mol. The highest BCUT2D eigenvalue weighted by molar-refractivity contribution is 7.55. The van der Waals surface area contributed by atoms with Gasteiger partial charge in [-0.3, -0.25) is 9.20 Å². The van der Waals surface area contributed by atoms with E-state index in [2.05, 4.69) is 49.4 Å². The molecule has 5 heteroatoms. The van der Waals surface area contributed by atoms with E-state index in [4.69, 9.17) is 4.98 Å². The maximum atomic E-state index is 14.4. The summed E-state index contributed by atoms with van der Waals surface area (Å²) in [5, 5.41) is 14.8. The highest BCUT2D eigenvalue weighted by atomic mass is 31.1. The van der Waals surface area contributed by atoms with Crippen LogP contribution in [0.25, 0.3) is 44.4 Å². The number of rotatable bonds is 6. The number of hydrogen-bond acceptors (Lipinski definition) is 3. The van der Waals surface area contributed by atoms with Gasteiger partial charge in [-0.25, -0.2) is 4.98 Å². The molecule has 4 nitrogen and oxygen atoms in total. The third-order valence-electron chi connectivity index (χ3n) is 7.76. The van der Waals surface area contributed by atoms with Crippen LogP contribution in [0.2, 0.25) is 0 Å². The molecule has 0 spiro atoms. The fourth-order valence-corrected chi connectivity index (χ4v) is 7.02. The first kappa shape index (κ1) is 25.8. The molecule has 0 N–H and O–H groups in total. The fraction of sp³-hybridized carbons (Fsp3) is 0.0541. The van der Waals surface area contributed by atoms with Crippen LogP contribution in [-0.2, 0) is 6.42 Å². The van der Waals surface area contributed by atoms with Crippen molar-refractivity contribution in [3.8, 4) is 17.2 Å². The number of benzene rings is 5. The molecular weight excluding hydrogens is 533 g/mol. The lowest BCUT2D eigenvalue weighted by Gasteiger charge is -2.14. The van der Waals surface area contributed by atoms with Crippen molar-refractivity contribution in [2.45, 2.75) is 13.3 Å². The molecular formula is C37H26N3OP. The van der Waals surface area contributed by atoms with Crippen LogP contribution in [-0.4, -0.2) is 9.38 Å². The third kappa shape index (κ3) is 4.45. The normalized spacial score (nSPS) is 12.1. The smallest absolute Gasteiger partial charge is 0.264 e. The molecule has 7 rings (SSSR count). The highest BCUT2D eigenvalue weighted by Crippen LogP contribution is 2.37. The van der Waals surface area contributed by atoms with E-state index in [1.165, 1.54) is 0 Å². The Balaban J connectivity index is 1.53. The number of aromatic nitrogens is 2. The van der Waals surface area contributed by atoms with Crippen LogP contribution >= 0.6 is 8.58 Å². The van der Waals surface area contributed by atoms with E-state index in [9.17, 15) is 10.1 Å². The first-order chi connectivity index (χ1) is 20.6. The van der Waals surface area contributed by atoms with Gasteiger partial charge >= 0.3 is 0 Å². The maximum Gasteiger partial charge on any atom is 0.264 e. The molecule has 0 saturated carbocycles. The summed E-state index contributed by atoms with van der Waals surface area (Å²) in [5.74, 6) is 0. The number of fused-ring (bicyclic) bond motifs is 2. The standard InChI is InChI=1S/C37H26N3OP/c1-24-17-18-31-34-30(20-19-29(33(24)34)27-13-7-3-8-14-27)35-39-32(22-26(23-38)21-25-11-5-2-6-12-25)37(40(35)36(31)41)42-28-15-9-4-10-16-28/h2-20,22,42H,21H2,1H3/b26-22+. The predicted octanol–water partition coefficient (Wildman–Crippen LogP) is 7.19. The lowest BCUT2D eigenvalue weighted by molar-refractivity contribution is 1.18. The summed E-state index contributed by atoms with van der Waals surface area (Å²) in [6, 6.07) is 41.0. The van der Waals surface area contributed by atoms with Gasteiger partial charge in [0, 0.05) is 28.2 Å². The van der Waals surface area contributed by atoms with Crippen LogP contribution in [0.3, 0.4) is 0 Å². The van der Waals surface area contributed by atoms with Gasteiger partial charge in [0.05, 0.1) is 17.2 Å². The van der Waals surface area contributed by atoms with Crippen molar-refractivity contribution in [3.05, 3.63) is 148 Å².